The summed E-state index contributed by atoms with van der Waals surface area (Å²) in [5.74, 6) is 0. The van der Waals surface area contributed by atoms with Gasteiger partial charge >= 0.3 is 0 Å². The normalized spacial score (nSPS) is 11.3. The third kappa shape index (κ3) is 3.74. The zero-order valence-corrected chi connectivity index (χ0v) is 19.8. The summed E-state index contributed by atoms with van der Waals surface area (Å²) in [6.45, 7) is 0. The molecule has 158 valence electrons. The number of nitrogens with zero attached hydrogens (tertiary/aromatic N) is 1. The summed E-state index contributed by atoms with van der Waals surface area (Å²) in [6.07, 6.45) is 0. The summed E-state index contributed by atoms with van der Waals surface area (Å²) in [4.78, 5) is 5.01. The number of fused-ring (bicyclic) bond motifs is 3. The highest BCUT2D eigenvalue weighted by Crippen LogP contribution is 2.39. The van der Waals surface area contributed by atoms with Gasteiger partial charge < -0.3 is 4.42 Å². The van der Waals surface area contributed by atoms with E-state index >= 15 is 0 Å². The van der Waals surface area contributed by atoms with Crippen LogP contribution in [-0.2, 0) is 0 Å². The van der Waals surface area contributed by atoms with Crippen molar-refractivity contribution in [2.45, 2.75) is 0 Å². The van der Waals surface area contributed by atoms with Crippen LogP contribution in [0.1, 0.15) is 0 Å². The molecule has 6 aromatic rings. The molecule has 2 aromatic heterocycles. The lowest BCUT2D eigenvalue weighted by Crippen LogP contribution is -1.91. The van der Waals surface area contributed by atoms with Gasteiger partial charge in [0.2, 0.25) is 0 Å². The molecule has 0 spiro atoms. The smallest absolute Gasteiger partial charge is 0.136 e. The lowest BCUT2D eigenvalue weighted by molar-refractivity contribution is 0.669. The molecule has 0 unspecified atom stereocenters. The second-order valence-corrected chi connectivity index (χ2v) is 9.27. The number of furan rings is 1. The molecule has 0 amide bonds. The first-order chi connectivity index (χ1) is 16.2. The molecule has 0 aliphatic carbocycles. The Balaban J connectivity index is 1.63. The van der Waals surface area contributed by atoms with Gasteiger partial charge in [-0.1, -0.05) is 82.1 Å². The third-order valence-corrected chi connectivity index (χ3v) is 6.60. The summed E-state index contributed by atoms with van der Waals surface area (Å²) in [5, 5.41) is 2.93. The maximum Gasteiger partial charge on any atom is 0.136 e. The van der Waals surface area contributed by atoms with Gasteiger partial charge in [0, 0.05) is 31.4 Å². The Morgan fingerprint density at radius 3 is 2.00 bits per heavy atom. The number of benzene rings is 4. The molecule has 4 heteroatoms. The molecule has 4 aromatic carbocycles. The van der Waals surface area contributed by atoms with Crippen LogP contribution >= 0.6 is 27.5 Å². The van der Waals surface area contributed by atoms with Crippen LogP contribution in [0.5, 0.6) is 0 Å². The van der Waals surface area contributed by atoms with Gasteiger partial charge in [0.05, 0.1) is 11.4 Å². The molecule has 0 bridgehead atoms. The van der Waals surface area contributed by atoms with E-state index in [0.717, 1.165) is 60.1 Å². The van der Waals surface area contributed by atoms with Gasteiger partial charge in [-0.25, -0.2) is 4.98 Å². The summed E-state index contributed by atoms with van der Waals surface area (Å²) >= 11 is 9.67. The molecule has 0 saturated heterocycles. The number of pyridine rings is 1. The van der Waals surface area contributed by atoms with Crippen molar-refractivity contribution in [1.29, 1.82) is 0 Å². The summed E-state index contributed by atoms with van der Waals surface area (Å²) in [5.41, 5.74) is 7.85. The number of para-hydroxylation sites is 1. The Hall–Kier alpha value is -3.40. The van der Waals surface area contributed by atoms with Crippen LogP contribution in [0.25, 0.3) is 55.6 Å². The fraction of sp³-hybridized carbons (Fsp3) is 0. The number of halogens is 2. The highest BCUT2D eigenvalue weighted by Gasteiger charge is 2.15. The van der Waals surface area contributed by atoms with E-state index in [-0.39, 0.29) is 0 Å². The van der Waals surface area contributed by atoms with Crippen molar-refractivity contribution in [2.75, 3.05) is 0 Å². The van der Waals surface area contributed by atoms with Crippen LogP contribution in [0, 0.1) is 0 Å². The molecular formula is C29H17BrClNO. The van der Waals surface area contributed by atoms with E-state index < -0.39 is 0 Å². The van der Waals surface area contributed by atoms with Crippen molar-refractivity contribution in [2.24, 2.45) is 0 Å². The molecule has 0 aliphatic rings. The Bertz CT molecular complexity index is 1550. The van der Waals surface area contributed by atoms with E-state index in [1.807, 2.05) is 66.7 Å². The largest absolute Gasteiger partial charge is 0.456 e. The predicted molar refractivity (Wildman–Crippen MR) is 141 cm³/mol. The number of hydrogen-bond acceptors (Lipinski definition) is 2. The monoisotopic (exact) mass is 509 g/mol. The number of aromatic nitrogens is 1. The molecule has 0 saturated carbocycles. The van der Waals surface area contributed by atoms with Crippen molar-refractivity contribution >= 4 is 49.5 Å². The Morgan fingerprint density at radius 1 is 0.636 bits per heavy atom. The summed E-state index contributed by atoms with van der Waals surface area (Å²) < 4.78 is 7.17. The van der Waals surface area contributed by atoms with Crippen LogP contribution < -0.4 is 0 Å². The minimum atomic E-state index is 0.706. The minimum Gasteiger partial charge on any atom is -0.456 e. The van der Waals surface area contributed by atoms with Crippen LogP contribution in [0.3, 0.4) is 0 Å². The highest BCUT2D eigenvalue weighted by atomic mass is 79.9. The zero-order chi connectivity index (χ0) is 22.4. The average molecular weight is 511 g/mol. The molecular weight excluding hydrogens is 494 g/mol. The lowest BCUT2D eigenvalue weighted by Gasteiger charge is -2.11. The zero-order valence-electron chi connectivity index (χ0n) is 17.4. The first kappa shape index (κ1) is 20.2. The first-order valence-corrected chi connectivity index (χ1v) is 11.8. The number of rotatable bonds is 3. The molecule has 2 nitrogen and oxygen atoms in total. The SMILES string of the molecule is Clc1ccc(-c2cc(-c3cccc4oc5ccccc5c34)cc(-c3ccc(Br)cc3)n2)cc1. The molecule has 0 atom stereocenters. The Labute approximate surface area is 204 Å². The van der Waals surface area contributed by atoms with E-state index in [0.29, 0.717) is 5.02 Å². The van der Waals surface area contributed by atoms with Crippen molar-refractivity contribution in [3.63, 3.8) is 0 Å². The highest BCUT2D eigenvalue weighted by molar-refractivity contribution is 9.10. The molecule has 0 aliphatic heterocycles. The van der Waals surface area contributed by atoms with Crippen LogP contribution in [0.4, 0.5) is 0 Å². The van der Waals surface area contributed by atoms with Crippen molar-refractivity contribution in [3.05, 3.63) is 113 Å². The van der Waals surface area contributed by atoms with Gasteiger partial charge in [-0.15, -0.1) is 0 Å². The van der Waals surface area contributed by atoms with Gasteiger partial charge in [0.1, 0.15) is 11.2 Å². The van der Waals surface area contributed by atoms with E-state index in [4.69, 9.17) is 21.0 Å². The van der Waals surface area contributed by atoms with E-state index in [2.05, 4.69) is 52.3 Å². The van der Waals surface area contributed by atoms with Gasteiger partial charge in [-0.2, -0.15) is 0 Å². The second kappa shape index (κ2) is 8.18. The van der Waals surface area contributed by atoms with Gasteiger partial charge in [0.25, 0.3) is 0 Å². The van der Waals surface area contributed by atoms with Crippen molar-refractivity contribution in [1.82, 2.24) is 4.98 Å². The van der Waals surface area contributed by atoms with Crippen LogP contribution in [0.15, 0.2) is 112 Å². The fourth-order valence-electron chi connectivity index (χ4n) is 4.24. The third-order valence-electron chi connectivity index (χ3n) is 5.82. The first-order valence-electron chi connectivity index (χ1n) is 10.6. The fourth-order valence-corrected chi connectivity index (χ4v) is 4.63. The van der Waals surface area contributed by atoms with Crippen molar-refractivity contribution < 1.29 is 4.42 Å². The molecule has 0 fully saturated rings. The van der Waals surface area contributed by atoms with Gasteiger partial charge in [-0.05, 0) is 59.7 Å². The average Bonchev–Trinajstić information content (AvgIpc) is 3.23. The summed E-state index contributed by atoms with van der Waals surface area (Å²) in [7, 11) is 0. The molecule has 0 N–H and O–H groups in total. The predicted octanol–water partition coefficient (Wildman–Crippen LogP) is 9.40. The van der Waals surface area contributed by atoms with E-state index in [1.165, 1.54) is 0 Å². The quantitative estimate of drug-likeness (QED) is 0.237. The molecule has 33 heavy (non-hydrogen) atoms. The van der Waals surface area contributed by atoms with Gasteiger partial charge in [0.15, 0.2) is 0 Å². The topological polar surface area (TPSA) is 26.0 Å². The Morgan fingerprint density at radius 2 is 1.27 bits per heavy atom. The van der Waals surface area contributed by atoms with Crippen LogP contribution in [0.2, 0.25) is 5.02 Å². The van der Waals surface area contributed by atoms with Crippen molar-refractivity contribution in [3.8, 4) is 33.6 Å². The molecule has 2 heterocycles. The lowest BCUT2D eigenvalue weighted by atomic mass is 9.96. The minimum absolute atomic E-state index is 0.706. The van der Waals surface area contributed by atoms with E-state index in [9.17, 15) is 0 Å². The second-order valence-electron chi connectivity index (χ2n) is 7.92. The van der Waals surface area contributed by atoms with E-state index in [1.54, 1.807) is 0 Å². The van der Waals surface area contributed by atoms with Crippen LogP contribution in [-0.4, -0.2) is 4.98 Å². The number of hydrogen-bond donors (Lipinski definition) is 0. The van der Waals surface area contributed by atoms with Gasteiger partial charge in [-0.3, -0.25) is 0 Å². The Kier molecular flexibility index (Phi) is 5.01. The molecule has 6 rings (SSSR count). The maximum atomic E-state index is 6.14. The summed E-state index contributed by atoms with van der Waals surface area (Å²) in [6, 6.07) is 34.7. The molecule has 0 radical (unpaired) electrons. The maximum absolute atomic E-state index is 6.14. The standard InChI is InChI=1S/C29H17BrClNO/c30-21-12-8-18(9-13-21)25-16-20(17-26(32-25)19-10-14-22(31)15-11-19)23-5-3-7-28-29(23)24-4-1-2-6-27(24)33-28/h1-17H.